The van der Waals surface area contributed by atoms with Gasteiger partial charge in [-0.15, -0.1) is 24.0 Å². The molecular formula is C17H29IN4O2S. The number of hydrogen-bond donors (Lipinski definition) is 2. The second-order valence-corrected chi connectivity index (χ2v) is 7.67. The van der Waals surface area contributed by atoms with Gasteiger partial charge < -0.3 is 20.3 Å². The Morgan fingerprint density at radius 1 is 1.40 bits per heavy atom. The molecule has 1 amide bonds. The largest absolute Gasteiger partial charge is 0.444 e. The van der Waals surface area contributed by atoms with E-state index in [1.807, 2.05) is 25.7 Å². The quantitative estimate of drug-likeness (QED) is 0.372. The Hall–Kier alpha value is -1.03. The molecule has 0 aromatic carbocycles. The van der Waals surface area contributed by atoms with Gasteiger partial charge in [-0.25, -0.2) is 4.79 Å². The van der Waals surface area contributed by atoms with Gasteiger partial charge in [-0.1, -0.05) is 0 Å². The highest BCUT2D eigenvalue weighted by molar-refractivity contribution is 14.0. The molecule has 0 atom stereocenters. The van der Waals surface area contributed by atoms with Crippen LogP contribution in [0.2, 0.25) is 0 Å². The highest BCUT2D eigenvalue weighted by Gasteiger charge is 2.34. The second kappa shape index (κ2) is 10.2. The summed E-state index contributed by atoms with van der Waals surface area (Å²) < 4.78 is 5.50. The van der Waals surface area contributed by atoms with Crippen LogP contribution in [0.15, 0.2) is 21.8 Å². The van der Waals surface area contributed by atoms with E-state index in [-0.39, 0.29) is 30.1 Å². The lowest BCUT2D eigenvalue weighted by molar-refractivity contribution is 0.0238. The van der Waals surface area contributed by atoms with Gasteiger partial charge in [0.25, 0.3) is 0 Å². The number of hydrogen-bond acceptors (Lipinski definition) is 4. The van der Waals surface area contributed by atoms with Gasteiger partial charge in [0.1, 0.15) is 5.60 Å². The molecule has 2 rings (SSSR count). The monoisotopic (exact) mass is 480 g/mol. The summed E-state index contributed by atoms with van der Waals surface area (Å²) in [5, 5.41) is 10.7. The summed E-state index contributed by atoms with van der Waals surface area (Å²) in [6.07, 6.45) is 1.89. The van der Waals surface area contributed by atoms with E-state index < -0.39 is 5.60 Å². The van der Waals surface area contributed by atoms with Crippen molar-refractivity contribution < 1.29 is 9.53 Å². The number of nitrogens with zero attached hydrogens (tertiary/aromatic N) is 2. The summed E-state index contributed by atoms with van der Waals surface area (Å²) in [6, 6.07) is 2.41. The van der Waals surface area contributed by atoms with Crippen LogP contribution in [0.5, 0.6) is 0 Å². The van der Waals surface area contributed by atoms with Gasteiger partial charge >= 0.3 is 6.09 Å². The van der Waals surface area contributed by atoms with Crippen LogP contribution in [0.3, 0.4) is 0 Å². The molecule has 1 saturated carbocycles. The number of aliphatic imine (C=N–C) groups is 1. The number of rotatable bonds is 6. The average molecular weight is 480 g/mol. The number of thiophene rings is 1. The minimum atomic E-state index is -0.463. The van der Waals surface area contributed by atoms with E-state index in [2.05, 4.69) is 32.5 Å². The predicted octanol–water partition coefficient (Wildman–Crippen LogP) is 3.43. The van der Waals surface area contributed by atoms with Crippen molar-refractivity contribution in [3.63, 3.8) is 0 Å². The maximum absolute atomic E-state index is 12.3. The summed E-state index contributed by atoms with van der Waals surface area (Å²) in [7, 11) is 1.75. The normalized spacial score (nSPS) is 14.5. The molecular weight excluding hydrogens is 451 g/mol. The maximum atomic E-state index is 12.3. The van der Waals surface area contributed by atoms with Crippen molar-refractivity contribution in [2.24, 2.45) is 4.99 Å². The number of nitrogens with one attached hydrogen (secondary N) is 2. The minimum Gasteiger partial charge on any atom is -0.444 e. The molecule has 0 unspecified atom stereocenters. The van der Waals surface area contributed by atoms with Crippen LogP contribution >= 0.6 is 35.3 Å². The number of halogens is 1. The van der Waals surface area contributed by atoms with Crippen molar-refractivity contribution in [2.45, 2.75) is 51.8 Å². The average Bonchev–Trinajstić information content (AvgIpc) is 3.19. The molecule has 6 nitrogen and oxygen atoms in total. The fraction of sp³-hybridized carbons (Fsp3) is 0.647. The standard InChI is InChI=1S/C17H28N4O2S.HI/c1-17(2,3)23-16(22)21(14-5-6-14)9-8-19-15(18-4)20-11-13-7-10-24-12-13;/h7,10,12,14H,5-6,8-9,11H2,1-4H3,(H2,18,19,20);1H. The molecule has 0 saturated heterocycles. The van der Waals surface area contributed by atoms with Crippen LogP contribution in [-0.4, -0.2) is 48.7 Å². The zero-order valence-corrected chi connectivity index (χ0v) is 18.5. The first kappa shape index (κ1) is 22.0. The molecule has 1 aromatic heterocycles. The molecule has 1 aliphatic rings. The van der Waals surface area contributed by atoms with Crippen LogP contribution in [-0.2, 0) is 11.3 Å². The second-order valence-electron chi connectivity index (χ2n) is 6.89. The molecule has 0 bridgehead atoms. The Morgan fingerprint density at radius 3 is 2.64 bits per heavy atom. The van der Waals surface area contributed by atoms with E-state index >= 15 is 0 Å². The Balaban J connectivity index is 0.00000312. The maximum Gasteiger partial charge on any atom is 0.410 e. The summed E-state index contributed by atoms with van der Waals surface area (Å²) >= 11 is 1.68. The molecule has 0 spiro atoms. The first-order chi connectivity index (χ1) is 11.4. The third-order valence-corrected chi connectivity index (χ3v) is 4.26. The molecule has 0 aliphatic heterocycles. The molecule has 0 radical (unpaired) electrons. The number of carbonyl (C=O) groups excluding carboxylic acids is 1. The van der Waals surface area contributed by atoms with Crippen LogP contribution in [0.25, 0.3) is 0 Å². The van der Waals surface area contributed by atoms with Crippen molar-refractivity contribution in [2.75, 3.05) is 20.1 Å². The number of guanidine groups is 1. The van der Waals surface area contributed by atoms with Crippen molar-refractivity contribution in [3.05, 3.63) is 22.4 Å². The highest BCUT2D eigenvalue weighted by Crippen LogP contribution is 2.27. The van der Waals surface area contributed by atoms with Gasteiger partial charge in [0.15, 0.2) is 5.96 Å². The highest BCUT2D eigenvalue weighted by atomic mass is 127. The Morgan fingerprint density at radius 2 is 2.12 bits per heavy atom. The summed E-state index contributed by atoms with van der Waals surface area (Å²) in [4.78, 5) is 18.3. The molecule has 1 aliphatic carbocycles. The minimum absolute atomic E-state index is 0. The SMILES string of the molecule is CN=C(NCCN(C(=O)OC(C)(C)C)C1CC1)NCc1ccsc1.I. The van der Waals surface area contributed by atoms with Gasteiger partial charge in [0.05, 0.1) is 0 Å². The van der Waals surface area contributed by atoms with Gasteiger partial charge in [0, 0.05) is 32.7 Å². The van der Waals surface area contributed by atoms with E-state index in [0.29, 0.717) is 19.1 Å². The molecule has 1 aromatic rings. The van der Waals surface area contributed by atoms with Crippen molar-refractivity contribution in [1.82, 2.24) is 15.5 Å². The van der Waals surface area contributed by atoms with Crippen LogP contribution < -0.4 is 10.6 Å². The fourth-order valence-corrected chi connectivity index (χ4v) is 2.89. The van der Waals surface area contributed by atoms with E-state index in [4.69, 9.17) is 4.74 Å². The van der Waals surface area contributed by atoms with Gasteiger partial charge in [0.2, 0.25) is 0 Å². The number of amides is 1. The fourth-order valence-electron chi connectivity index (χ4n) is 2.22. The molecule has 8 heteroatoms. The lowest BCUT2D eigenvalue weighted by Crippen LogP contribution is -2.45. The zero-order chi connectivity index (χ0) is 17.6. The molecule has 25 heavy (non-hydrogen) atoms. The van der Waals surface area contributed by atoms with Gasteiger partial charge in [-0.3, -0.25) is 4.99 Å². The number of carbonyl (C=O) groups is 1. The summed E-state index contributed by atoms with van der Waals surface area (Å²) in [5.74, 6) is 0.737. The van der Waals surface area contributed by atoms with E-state index in [0.717, 1.165) is 25.3 Å². The van der Waals surface area contributed by atoms with Crippen molar-refractivity contribution >= 4 is 47.4 Å². The Labute approximate surface area is 171 Å². The zero-order valence-electron chi connectivity index (χ0n) is 15.4. The van der Waals surface area contributed by atoms with Crippen LogP contribution in [0.1, 0.15) is 39.2 Å². The molecule has 1 heterocycles. The lowest BCUT2D eigenvalue weighted by atomic mass is 10.2. The van der Waals surface area contributed by atoms with E-state index in [1.165, 1.54) is 5.56 Å². The van der Waals surface area contributed by atoms with Gasteiger partial charge in [-0.05, 0) is 56.0 Å². The third kappa shape index (κ3) is 8.26. The van der Waals surface area contributed by atoms with Crippen LogP contribution in [0.4, 0.5) is 4.79 Å². The Kier molecular flexibility index (Phi) is 8.98. The third-order valence-electron chi connectivity index (χ3n) is 3.52. The van der Waals surface area contributed by atoms with Crippen molar-refractivity contribution in [1.29, 1.82) is 0 Å². The summed E-state index contributed by atoms with van der Waals surface area (Å²) in [6.45, 7) is 7.67. The smallest absolute Gasteiger partial charge is 0.410 e. The molecule has 142 valence electrons. The molecule has 1 fully saturated rings. The van der Waals surface area contributed by atoms with E-state index in [1.54, 1.807) is 18.4 Å². The lowest BCUT2D eigenvalue weighted by Gasteiger charge is -2.27. The van der Waals surface area contributed by atoms with Crippen molar-refractivity contribution in [3.8, 4) is 0 Å². The predicted molar refractivity (Wildman–Crippen MR) is 114 cm³/mol. The number of ether oxygens (including phenoxy) is 1. The Bertz CT molecular complexity index is 553. The topological polar surface area (TPSA) is 66.0 Å². The van der Waals surface area contributed by atoms with E-state index in [9.17, 15) is 4.79 Å². The first-order valence-corrected chi connectivity index (χ1v) is 9.28. The summed E-state index contributed by atoms with van der Waals surface area (Å²) in [5.41, 5.74) is 0.770. The first-order valence-electron chi connectivity index (χ1n) is 8.34. The van der Waals surface area contributed by atoms with Crippen LogP contribution in [0, 0.1) is 0 Å². The molecule has 2 N–H and O–H groups in total. The van der Waals surface area contributed by atoms with Gasteiger partial charge in [-0.2, -0.15) is 11.3 Å².